The number of nitrogens with one attached hydrogen (secondary N) is 3. The van der Waals surface area contributed by atoms with Crippen LogP contribution in [-0.4, -0.2) is 141 Å². The minimum atomic E-state index is -0.626. The van der Waals surface area contributed by atoms with Gasteiger partial charge in [-0.1, -0.05) is 160 Å². The molecule has 3 fully saturated rings. The number of carbonyl (C=O) groups excluding carboxylic acids is 6. The van der Waals surface area contributed by atoms with Crippen LogP contribution in [0.15, 0.2) is 164 Å². The molecule has 3 saturated carbocycles. The Morgan fingerprint density at radius 3 is 1.00 bits per heavy atom. The average Bonchev–Trinajstić information content (AvgIpc) is 1.70. The number of unbranched alkanes of at least 4 members (excludes halogenated alkanes) is 3. The van der Waals surface area contributed by atoms with Crippen LogP contribution in [0.2, 0.25) is 0 Å². The van der Waals surface area contributed by atoms with Gasteiger partial charge in [0.15, 0.2) is 0 Å². The summed E-state index contributed by atoms with van der Waals surface area (Å²) in [6.07, 6.45) is 33.9. The van der Waals surface area contributed by atoms with Gasteiger partial charge in [-0.3, -0.25) is 28.8 Å². The standard InChI is InChI=1S/C29H43NO5.C28H41NO5.C27H39NO5/c1-3-12-29(34)35-23(18-17-22-13-8-7-9-14-22)19-20-25-24(26(31)21-27(25)32)15-10-5-6-11-16-28(33)30-4-2;1-3-28(33)34-22(17-16-21-12-8-7-9-13-21)18-19-24-23(25(30)20-26(24)31)14-10-5-6-11-15-27(32)29-4-2;1-3-28-27(32)14-10-5-4-9-13-23-24(26(31)19-25(23)30)18-17-22(33-20(2)29)16-15-21-11-7-6-8-12-21/h5,7-10,13-14,19-20,23-27,31-32H,3-4,6,11-12,15-18,21H2,1-2H3,(H,30,33);5,7-10,12-13,18-19,22-26,30-31H,3-4,6,11,14-17,20H2,1-2H3,(H,29,32);4,6-9,11-12,17-18,22-26,30-31H,3,5,10,13-16,19H2,1-2H3,(H,28,32)/b10-5-,20-19+;10-5-,19-18+;9-4-,18-17+/t23-,24+,25+,26-,27+;2*22-,23+,24+,25-,26+/m000/s1. The van der Waals surface area contributed by atoms with E-state index in [2.05, 4.69) is 40.2 Å². The monoisotopic (exact) mass is 1410 g/mol. The number of esters is 3. The molecule has 18 nitrogen and oxygen atoms in total. The summed E-state index contributed by atoms with van der Waals surface area (Å²) < 4.78 is 16.8. The highest BCUT2D eigenvalue weighted by Gasteiger charge is 2.42. The van der Waals surface area contributed by atoms with Crippen molar-refractivity contribution in [2.75, 3.05) is 19.6 Å². The molecule has 3 aromatic carbocycles. The molecule has 564 valence electrons. The minimum absolute atomic E-state index is 0.0695. The SMILES string of the molecule is CCCC(=O)O[C@H](/C=C/[C@@H]1[C@@H](C/C=C\CCCC(=O)NCC)[C@@H](O)C[C@H]1O)CCc1ccccc1.CCNC(=O)CCC/C=C\C[C@@H]1[C@@H](/C=C/[C@H](CCc2ccccc2)OC(=O)CC)[C@H](O)C[C@@H]1O.CCNC(=O)CCC/C=C\C[C@@H]1[C@@H](/C=C/[C@H](CCc2ccccc2)OC(C)=O)[C@H](O)C[C@@H]1O. The predicted molar refractivity (Wildman–Crippen MR) is 402 cm³/mol. The Bertz CT molecular complexity index is 3010. The molecular weight excluding hydrogens is 1290 g/mol. The van der Waals surface area contributed by atoms with Crippen LogP contribution in [0.1, 0.15) is 193 Å². The van der Waals surface area contributed by atoms with Crippen LogP contribution in [0.25, 0.3) is 0 Å². The smallest absolute Gasteiger partial charge is 0.306 e. The number of carbonyl (C=O) groups is 6. The molecule has 3 amide bonds. The normalized spacial score (nSPS) is 23.4. The minimum Gasteiger partial charge on any atom is -0.458 e. The third kappa shape index (κ3) is 35.7. The number of ether oxygens (including phenoxy) is 3. The Hall–Kier alpha value is -7.32. The highest BCUT2D eigenvalue weighted by atomic mass is 16.6. The summed E-state index contributed by atoms with van der Waals surface area (Å²) in [5.41, 5.74) is 3.54. The molecular formula is C84H123N3O15. The Balaban J connectivity index is 0.000000324. The number of allylic oxidation sites excluding steroid dienone is 6. The molecule has 6 rings (SSSR count). The van der Waals surface area contributed by atoms with Gasteiger partial charge in [-0.2, -0.15) is 0 Å². The molecule has 9 N–H and O–H groups in total. The molecule has 0 aromatic heterocycles. The zero-order valence-corrected chi connectivity index (χ0v) is 61.7. The number of aryl methyl sites for hydroxylation is 3. The van der Waals surface area contributed by atoms with Crippen LogP contribution < -0.4 is 16.0 Å². The largest absolute Gasteiger partial charge is 0.458 e. The lowest BCUT2D eigenvalue weighted by molar-refractivity contribution is -0.147. The molecule has 102 heavy (non-hydrogen) atoms. The first kappa shape index (κ1) is 87.1. The number of benzene rings is 3. The van der Waals surface area contributed by atoms with Crippen molar-refractivity contribution in [1.82, 2.24) is 16.0 Å². The number of hydrogen-bond donors (Lipinski definition) is 9. The second-order valence-corrected chi connectivity index (χ2v) is 27.0. The summed E-state index contributed by atoms with van der Waals surface area (Å²) in [6, 6.07) is 30.2. The van der Waals surface area contributed by atoms with Crippen molar-refractivity contribution < 1.29 is 73.6 Å². The molecule has 0 heterocycles. The van der Waals surface area contributed by atoms with E-state index >= 15 is 0 Å². The Labute approximate surface area is 608 Å². The van der Waals surface area contributed by atoms with Crippen LogP contribution >= 0.6 is 0 Å². The summed E-state index contributed by atoms with van der Waals surface area (Å²) in [5.74, 6) is -1.47. The van der Waals surface area contributed by atoms with Gasteiger partial charge in [0.25, 0.3) is 0 Å². The first-order valence-corrected chi connectivity index (χ1v) is 37.8. The van der Waals surface area contributed by atoms with Gasteiger partial charge in [0.1, 0.15) is 18.3 Å². The summed E-state index contributed by atoms with van der Waals surface area (Å²) in [6.45, 7) is 12.8. The zero-order chi connectivity index (χ0) is 74.3. The van der Waals surface area contributed by atoms with Crippen molar-refractivity contribution in [3.05, 3.63) is 181 Å². The van der Waals surface area contributed by atoms with Gasteiger partial charge in [-0.25, -0.2) is 0 Å². The van der Waals surface area contributed by atoms with Crippen LogP contribution in [0.5, 0.6) is 0 Å². The maximum absolute atomic E-state index is 12.2. The van der Waals surface area contributed by atoms with Gasteiger partial charge >= 0.3 is 17.9 Å². The topological polar surface area (TPSA) is 288 Å². The Morgan fingerprint density at radius 1 is 0.412 bits per heavy atom. The molecule has 15 atom stereocenters. The fraction of sp³-hybridized carbons (Fsp3) is 0.571. The Kier molecular flexibility index (Phi) is 44.2. The number of aliphatic hydroxyl groups excluding tert-OH is 6. The van der Waals surface area contributed by atoms with Crippen molar-refractivity contribution in [1.29, 1.82) is 0 Å². The van der Waals surface area contributed by atoms with Gasteiger partial charge in [0.2, 0.25) is 17.7 Å². The third-order valence-electron chi connectivity index (χ3n) is 18.9. The highest BCUT2D eigenvalue weighted by Crippen LogP contribution is 2.39. The zero-order valence-electron chi connectivity index (χ0n) is 61.7. The maximum atomic E-state index is 12.2. The van der Waals surface area contributed by atoms with E-state index in [4.69, 9.17) is 14.2 Å². The first-order chi connectivity index (χ1) is 49.3. The van der Waals surface area contributed by atoms with Crippen molar-refractivity contribution in [2.24, 2.45) is 35.5 Å². The lowest BCUT2D eigenvalue weighted by atomic mass is 9.89. The average molecular weight is 1410 g/mol. The lowest BCUT2D eigenvalue weighted by Crippen LogP contribution is -2.22. The molecule has 0 aliphatic heterocycles. The summed E-state index contributed by atoms with van der Waals surface area (Å²) >= 11 is 0. The fourth-order valence-corrected chi connectivity index (χ4v) is 13.3. The van der Waals surface area contributed by atoms with E-state index in [1.807, 2.05) is 167 Å². The van der Waals surface area contributed by atoms with Crippen LogP contribution in [0.3, 0.4) is 0 Å². The fourth-order valence-electron chi connectivity index (χ4n) is 13.3. The molecule has 3 aliphatic carbocycles. The molecule has 0 spiro atoms. The van der Waals surface area contributed by atoms with Crippen molar-refractivity contribution in [3.63, 3.8) is 0 Å². The number of rotatable bonds is 42. The molecule has 0 saturated heterocycles. The van der Waals surface area contributed by atoms with Crippen LogP contribution in [0, 0.1) is 35.5 Å². The van der Waals surface area contributed by atoms with Gasteiger partial charge in [0.05, 0.1) is 36.6 Å². The van der Waals surface area contributed by atoms with E-state index in [-0.39, 0.29) is 89.4 Å². The number of aliphatic hydroxyl groups is 6. The van der Waals surface area contributed by atoms with Crippen molar-refractivity contribution >= 4 is 35.6 Å². The summed E-state index contributed by atoms with van der Waals surface area (Å²) in [7, 11) is 0. The van der Waals surface area contributed by atoms with Crippen molar-refractivity contribution in [2.45, 2.75) is 251 Å². The summed E-state index contributed by atoms with van der Waals surface area (Å²) in [4.78, 5) is 70.2. The van der Waals surface area contributed by atoms with E-state index in [1.165, 1.54) is 23.6 Å². The van der Waals surface area contributed by atoms with E-state index in [9.17, 15) is 59.4 Å². The number of hydrogen-bond acceptors (Lipinski definition) is 15. The van der Waals surface area contributed by atoms with E-state index in [0.717, 1.165) is 64.2 Å². The van der Waals surface area contributed by atoms with Crippen LogP contribution in [-0.2, 0) is 62.2 Å². The number of amides is 3. The predicted octanol–water partition coefficient (Wildman–Crippen LogP) is 12.3. The summed E-state index contributed by atoms with van der Waals surface area (Å²) in [5, 5.41) is 71.5. The molecule has 0 bridgehead atoms. The van der Waals surface area contributed by atoms with Gasteiger partial charge in [-0.15, -0.1) is 0 Å². The highest BCUT2D eigenvalue weighted by molar-refractivity contribution is 5.76. The second kappa shape index (κ2) is 51.8. The maximum Gasteiger partial charge on any atom is 0.306 e. The lowest BCUT2D eigenvalue weighted by Gasteiger charge is -2.21. The van der Waals surface area contributed by atoms with E-state index < -0.39 is 36.6 Å². The molecule has 3 aliphatic rings. The molecule has 18 heteroatoms. The van der Waals surface area contributed by atoms with Gasteiger partial charge in [0, 0.05) is 95.7 Å². The van der Waals surface area contributed by atoms with Gasteiger partial charge in [-0.05, 0) is 176 Å². The third-order valence-corrected chi connectivity index (χ3v) is 18.9. The first-order valence-electron chi connectivity index (χ1n) is 37.8. The molecule has 3 aromatic rings. The van der Waals surface area contributed by atoms with Crippen molar-refractivity contribution in [3.8, 4) is 0 Å². The quantitative estimate of drug-likeness (QED) is 0.0110. The molecule has 0 unspecified atom stereocenters. The molecule has 0 radical (unpaired) electrons. The second-order valence-electron chi connectivity index (χ2n) is 27.0. The van der Waals surface area contributed by atoms with E-state index in [0.29, 0.717) is 110 Å². The van der Waals surface area contributed by atoms with E-state index in [1.54, 1.807) is 6.92 Å². The van der Waals surface area contributed by atoms with Gasteiger partial charge < -0.3 is 60.8 Å². The Morgan fingerprint density at radius 2 is 0.716 bits per heavy atom. The van der Waals surface area contributed by atoms with Crippen LogP contribution in [0.4, 0.5) is 0 Å².